The van der Waals surface area contributed by atoms with Crippen LogP contribution in [0.15, 0.2) is 170 Å². The van der Waals surface area contributed by atoms with E-state index >= 15 is 0 Å². The summed E-state index contributed by atoms with van der Waals surface area (Å²) in [5, 5.41) is 13.5. The summed E-state index contributed by atoms with van der Waals surface area (Å²) in [5.74, 6) is 0. The molecule has 0 unspecified atom stereocenters. The SMILES string of the molecule is C.CC.CC.CC.CC.CC.CCC.CCC.CCC.CCn1c2ccccc2c2ccccc21.CCn1c2ccccc2c2ccccc21.c1ccc2c(c1)c1ccccc1c1ccccc21. The lowest BCUT2D eigenvalue weighted by Gasteiger charge is -2.09. The van der Waals surface area contributed by atoms with Crippen LogP contribution in [0.25, 0.3) is 75.9 Å². The third-order valence-electron chi connectivity index (χ3n) is 9.64. The van der Waals surface area contributed by atoms with Gasteiger partial charge in [-0.15, -0.1) is 0 Å². The Morgan fingerprint density at radius 2 is 0.338 bits per heavy atom. The van der Waals surface area contributed by atoms with Crippen molar-refractivity contribution in [1.29, 1.82) is 0 Å². The first-order valence-corrected chi connectivity index (χ1v) is 26.2. The van der Waals surface area contributed by atoms with Crippen molar-refractivity contribution >= 4 is 75.9 Å². The first-order valence-electron chi connectivity index (χ1n) is 26.2. The molecule has 0 amide bonds. The molecule has 0 spiro atoms. The zero-order valence-corrected chi connectivity index (χ0v) is 45.6. The number of fused-ring (bicyclic) bond motifs is 12. The van der Waals surface area contributed by atoms with Gasteiger partial charge in [0.05, 0.1) is 0 Å². The zero-order valence-electron chi connectivity index (χ0n) is 45.6. The molecule has 0 aliphatic heterocycles. The number of hydrogen-bond acceptors (Lipinski definition) is 0. The molecule has 10 rings (SSSR count). The summed E-state index contributed by atoms with van der Waals surface area (Å²) in [6.07, 6.45) is 3.75. The van der Waals surface area contributed by atoms with E-state index in [-0.39, 0.29) is 7.43 Å². The summed E-state index contributed by atoms with van der Waals surface area (Å²) < 4.78 is 4.73. The largest absolute Gasteiger partial charge is 0.341 e. The Kier molecular flexibility index (Phi) is 37.0. The minimum absolute atomic E-state index is 0. The topological polar surface area (TPSA) is 9.86 Å². The van der Waals surface area contributed by atoms with Gasteiger partial charge < -0.3 is 9.13 Å². The molecule has 370 valence electrons. The highest BCUT2D eigenvalue weighted by Gasteiger charge is 2.09. The maximum atomic E-state index is 2.37. The number of nitrogens with zero attached hydrogens (tertiary/aromatic N) is 2. The van der Waals surface area contributed by atoms with Gasteiger partial charge in [-0.25, -0.2) is 0 Å². The smallest absolute Gasteiger partial charge is 0.0491 e. The average molecular weight is 918 g/mol. The lowest BCUT2D eigenvalue weighted by molar-refractivity contribution is 0.827. The second kappa shape index (κ2) is 39.2. The van der Waals surface area contributed by atoms with Gasteiger partial charge in [0.25, 0.3) is 0 Å². The summed E-state index contributed by atoms with van der Waals surface area (Å²) in [6.45, 7) is 39.2. The second-order valence-corrected chi connectivity index (χ2v) is 14.3. The fraction of sp³-hybridized carbons (Fsp3) is 0.364. The molecule has 68 heavy (non-hydrogen) atoms. The van der Waals surface area contributed by atoms with E-state index in [4.69, 9.17) is 0 Å². The van der Waals surface area contributed by atoms with Crippen molar-refractivity contribution < 1.29 is 0 Å². The lowest BCUT2D eigenvalue weighted by Crippen LogP contribution is -1.91. The summed E-state index contributed by atoms with van der Waals surface area (Å²) in [7, 11) is 0. The molecule has 8 aromatic carbocycles. The van der Waals surface area contributed by atoms with Crippen LogP contribution in [-0.4, -0.2) is 9.13 Å². The molecule has 0 atom stereocenters. The molecule has 2 heteroatoms. The van der Waals surface area contributed by atoms with Crippen LogP contribution in [0.2, 0.25) is 0 Å². The minimum Gasteiger partial charge on any atom is -0.341 e. The molecule has 2 aromatic heterocycles. The van der Waals surface area contributed by atoms with Gasteiger partial charge in [-0.2, -0.15) is 0 Å². The van der Waals surface area contributed by atoms with Crippen LogP contribution in [0.5, 0.6) is 0 Å². The molecule has 0 N–H and O–H groups in total. The van der Waals surface area contributed by atoms with Crippen LogP contribution in [0, 0.1) is 0 Å². The van der Waals surface area contributed by atoms with Gasteiger partial charge in [0, 0.05) is 56.7 Å². The highest BCUT2D eigenvalue weighted by molar-refractivity contribution is 6.25. The number of para-hydroxylation sites is 4. The van der Waals surface area contributed by atoms with E-state index in [0.29, 0.717) is 0 Å². The van der Waals surface area contributed by atoms with Gasteiger partial charge in [0.1, 0.15) is 0 Å². The van der Waals surface area contributed by atoms with E-state index in [9.17, 15) is 0 Å². The predicted molar refractivity (Wildman–Crippen MR) is 321 cm³/mol. The standard InChI is InChI=1S/C18H12.2C14H13N.3C3H8.5C2H6.CH4/c1-2-8-14-13(7-1)15-9-3-4-11-17(15)18-12-6-5-10-16(14)18;2*1-2-15-13-9-5-3-7-11(13)12-8-4-6-10-14(12)15;3*1-3-2;5*1-2;/h1-12H;2*3-10H,2H2,1H3;3*3H2,1-2H3;5*1-2H3;1H4. The summed E-state index contributed by atoms with van der Waals surface area (Å²) >= 11 is 0. The van der Waals surface area contributed by atoms with Crippen LogP contribution in [0.1, 0.15) is 151 Å². The molecule has 0 fully saturated rings. The third-order valence-corrected chi connectivity index (χ3v) is 9.64. The van der Waals surface area contributed by atoms with Crippen molar-refractivity contribution in [1.82, 2.24) is 9.13 Å². The first-order chi connectivity index (χ1) is 33.0. The third kappa shape index (κ3) is 17.0. The summed E-state index contributed by atoms with van der Waals surface area (Å²) in [4.78, 5) is 0. The molecule has 2 nitrogen and oxygen atoms in total. The van der Waals surface area contributed by atoms with Gasteiger partial charge in [-0.1, -0.05) is 283 Å². The van der Waals surface area contributed by atoms with E-state index in [2.05, 4.69) is 234 Å². The van der Waals surface area contributed by atoms with Crippen molar-refractivity contribution in [3.8, 4) is 0 Å². The average Bonchev–Trinajstić information content (AvgIpc) is 3.93. The molecule has 0 bridgehead atoms. The normalized spacial score (nSPS) is 9.21. The van der Waals surface area contributed by atoms with E-state index < -0.39 is 0 Å². The zero-order chi connectivity index (χ0) is 50.6. The minimum atomic E-state index is 0. The number of aryl methyl sites for hydroxylation is 2. The quantitative estimate of drug-likeness (QED) is 0.153. The van der Waals surface area contributed by atoms with Crippen LogP contribution >= 0.6 is 0 Å². The van der Waals surface area contributed by atoms with Crippen LogP contribution in [0.4, 0.5) is 0 Å². The molecular formula is C66H96N2. The Morgan fingerprint density at radius 1 is 0.221 bits per heavy atom. The summed E-state index contributed by atoms with van der Waals surface area (Å²) in [6, 6.07) is 60.4. The Bertz CT molecular complexity index is 2320. The van der Waals surface area contributed by atoms with Crippen molar-refractivity contribution in [2.75, 3.05) is 0 Å². The molecule has 0 aliphatic rings. The van der Waals surface area contributed by atoms with E-state index in [1.807, 2.05) is 69.2 Å². The number of aromatic nitrogens is 2. The van der Waals surface area contributed by atoms with Crippen molar-refractivity contribution in [2.45, 2.75) is 164 Å². The fourth-order valence-corrected chi connectivity index (χ4v) is 7.55. The van der Waals surface area contributed by atoms with Crippen LogP contribution in [-0.2, 0) is 13.1 Å². The maximum absolute atomic E-state index is 2.37. The maximum Gasteiger partial charge on any atom is 0.0491 e. The molecular weight excluding hydrogens is 821 g/mol. The van der Waals surface area contributed by atoms with Gasteiger partial charge in [0.15, 0.2) is 0 Å². The molecule has 0 radical (unpaired) electrons. The van der Waals surface area contributed by atoms with E-state index in [1.165, 1.54) is 95.2 Å². The highest BCUT2D eigenvalue weighted by atomic mass is 15.0. The monoisotopic (exact) mass is 917 g/mol. The molecule has 2 heterocycles. The van der Waals surface area contributed by atoms with Crippen LogP contribution < -0.4 is 0 Å². The van der Waals surface area contributed by atoms with Crippen molar-refractivity contribution in [3.63, 3.8) is 0 Å². The molecule has 0 saturated heterocycles. The Labute approximate surface area is 417 Å². The number of benzene rings is 8. The molecule has 0 saturated carbocycles. The molecule has 10 aromatic rings. The fourth-order valence-electron chi connectivity index (χ4n) is 7.55. The summed E-state index contributed by atoms with van der Waals surface area (Å²) in [5.41, 5.74) is 5.34. The van der Waals surface area contributed by atoms with E-state index in [1.54, 1.807) is 0 Å². The second-order valence-electron chi connectivity index (χ2n) is 14.3. The number of rotatable bonds is 2. The molecule has 0 aliphatic carbocycles. The van der Waals surface area contributed by atoms with Gasteiger partial charge >= 0.3 is 0 Å². The van der Waals surface area contributed by atoms with Gasteiger partial charge in [-0.3, -0.25) is 0 Å². The number of hydrogen-bond donors (Lipinski definition) is 0. The van der Waals surface area contributed by atoms with Gasteiger partial charge in [-0.05, 0) is 70.4 Å². The lowest BCUT2D eigenvalue weighted by atomic mass is 9.95. The highest BCUT2D eigenvalue weighted by Crippen LogP contribution is 2.34. The van der Waals surface area contributed by atoms with E-state index in [0.717, 1.165) is 13.1 Å². The first kappa shape index (κ1) is 64.2. The Balaban J connectivity index is 0. The Morgan fingerprint density at radius 3 is 0.471 bits per heavy atom. The Hall–Kier alpha value is -5.86. The van der Waals surface area contributed by atoms with Crippen LogP contribution in [0.3, 0.4) is 0 Å². The predicted octanol–water partition coefficient (Wildman–Crippen LogP) is 22.8. The van der Waals surface area contributed by atoms with Gasteiger partial charge in [0.2, 0.25) is 0 Å². The van der Waals surface area contributed by atoms with Crippen molar-refractivity contribution in [2.24, 2.45) is 0 Å². The van der Waals surface area contributed by atoms with Crippen molar-refractivity contribution in [3.05, 3.63) is 170 Å².